The summed E-state index contributed by atoms with van der Waals surface area (Å²) in [5.74, 6) is -3.22. The summed E-state index contributed by atoms with van der Waals surface area (Å²) in [5, 5.41) is 22.2. The number of hydrogen-bond donors (Lipinski definition) is 2. The molecule has 0 heterocycles. The standard InChI is InChI=1S/C13H8F2N2O4/c14-7-1-3-8(4-2-7)16-11-6-10(15)9(13(18)19)5-12(11)17(20)21/h1-6,16H,(H,18,19). The van der Waals surface area contributed by atoms with Gasteiger partial charge in [0, 0.05) is 17.8 Å². The molecule has 0 radical (unpaired) electrons. The van der Waals surface area contributed by atoms with E-state index in [4.69, 9.17) is 5.11 Å². The predicted molar refractivity (Wildman–Crippen MR) is 69.7 cm³/mol. The van der Waals surface area contributed by atoms with Crippen molar-refractivity contribution in [2.75, 3.05) is 5.32 Å². The monoisotopic (exact) mass is 294 g/mol. The van der Waals surface area contributed by atoms with E-state index in [0.717, 1.165) is 12.1 Å². The van der Waals surface area contributed by atoms with Crippen molar-refractivity contribution >= 4 is 23.0 Å². The van der Waals surface area contributed by atoms with Gasteiger partial charge >= 0.3 is 5.97 Å². The largest absolute Gasteiger partial charge is 0.478 e. The van der Waals surface area contributed by atoms with Gasteiger partial charge < -0.3 is 10.4 Å². The first-order valence-electron chi connectivity index (χ1n) is 5.62. The molecule has 0 aromatic heterocycles. The Morgan fingerprint density at radius 2 is 1.81 bits per heavy atom. The molecule has 0 saturated carbocycles. The van der Waals surface area contributed by atoms with E-state index < -0.39 is 33.8 Å². The Balaban J connectivity index is 2.47. The number of carboxylic acid groups (broad SMARTS) is 1. The third-order valence-electron chi connectivity index (χ3n) is 2.64. The number of aromatic carboxylic acids is 1. The summed E-state index contributed by atoms with van der Waals surface area (Å²) in [6, 6.07) is 6.20. The van der Waals surface area contributed by atoms with Crippen molar-refractivity contribution in [3.05, 3.63) is 63.7 Å². The summed E-state index contributed by atoms with van der Waals surface area (Å²) in [7, 11) is 0. The molecule has 0 amide bonds. The first kappa shape index (κ1) is 14.4. The quantitative estimate of drug-likeness (QED) is 0.666. The van der Waals surface area contributed by atoms with Crippen molar-refractivity contribution in [1.82, 2.24) is 0 Å². The molecule has 21 heavy (non-hydrogen) atoms. The Hall–Kier alpha value is -3.03. The molecule has 0 aliphatic heterocycles. The fraction of sp³-hybridized carbons (Fsp3) is 0. The average Bonchev–Trinajstić information content (AvgIpc) is 2.40. The van der Waals surface area contributed by atoms with Gasteiger partial charge in [0.15, 0.2) is 0 Å². The number of nitrogens with zero attached hydrogens (tertiary/aromatic N) is 1. The number of nitro groups is 1. The van der Waals surface area contributed by atoms with E-state index >= 15 is 0 Å². The molecule has 0 bridgehead atoms. The number of nitrogens with one attached hydrogen (secondary N) is 1. The average molecular weight is 294 g/mol. The van der Waals surface area contributed by atoms with Gasteiger partial charge in [-0.3, -0.25) is 10.1 Å². The number of anilines is 2. The third kappa shape index (κ3) is 3.11. The van der Waals surface area contributed by atoms with Crippen molar-refractivity contribution in [3.8, 4) is 0 Å². The van der Waals surface area contributed by atoms with Gasteiger partial charge in [0.2, 0.25) is 0 Å². The lowest BCUT2D eigenvalue weighted by Gasteiger charge is -2.08. The normalized spacial score (nSPS) is 10.2. The molecule has 0 aliphatic carbocycles. The zero-order valence-corrected chi connectivity index (χ0v) is 10.3. The molecule has 108 valence electrons. The molecule has 0 fully saturated rings. The molecule has 6 nitrogen and oxygen atoms in total. The van der Waals surface area contributed by atoms with Crippen LogP contribution in [-0.2, 0) is 0 Å². The zero-order valence-electron chi connectivity index (χ0n) is 10.3. The second-order valence-electron chi connectivity index (χ2n) is 4.04. The van der Waals surface area contributed by atoms with Gasteiger partial charge in [-0.2, -0.15) is 0 Å². The maximum Gasteiger partial charge on any atom is 0.338 e. The van der Waals surface area contributed by atoms with Crippen LogP contribution in [0.2, 0.25) is 0 Å². The molecule has 2 aromatic carbocycles. The Bertz CT molecular complexity index is 717. The molecular weight excluding hydrogens is 286 g/mol. The summed E-state index contributed by atoms with van der Waals surface area (Å²) < 4.78 is 26.4. The van der Waals surface area contributed by atoms with Crippen LogP contribution in [-0.4, -0.2) is 16.0 Å². The van der Waals surface area contributed by atoms with E-state index in [9.17, 15) is 23.7 Å². The van der Waals surface area contributed by atoms with E-state index in [1.807, 2.05) is 0 Å². The van der Waals surface area contributed by atoms with Crippen molar-refractivity contribution in [3.63, 3.8) is 0 Å². The fourth-order valence-corrected chi connectivity index (χ4v) is 1.67. The van der Waals surface area contributed by atoms with Crippen LogP contribution >= 0.6 is 0 Å². The molecule has 2 aromatic rings. The second-order valence-corrected chi connectivity index (χ2v) is 4.04. The number of carbonyl (C=O) groups is 1. The SMILES string of the molecule is O=C(O)c1cc([N+](=O)[O-])c(Nc2ccc(F)cc2)cc1F. The minimum atomic E-state index is -1.61. The molecule has 2 rings (SSSR count). The van der Waals surface area contributed by atoms with Crippen molar-refractivity contribution in [2.24, 2.45) is 0 Å². The molecule has 0 saturated heterocycles. The van der Waals surface area contributed by atoms with Crippen LogP contribution in [0.1, 0.15) is 10.4 Å². The first-order chi connectivity index (χ1) is 9.88. The van der Waals surface area contributed by atoms with Crippen LogP contribution < -0.4 is 5.32 Å². The number of hydrogen-bond acceptors (Lipinski definition) is 4. The number of halogens is 2. The van der Waals surface area contributed by atoms with Crippen LogP contribution in [0.15, 0.2) is 36.4 Å². The summed E-state index contributed by atoms with van der Waals surface area (Å²) >= 11 is 0. The number of rotatable bonds is 4. The number of carboxylic acids is 1. The van der Waals surface area contributed by atoms with Crippen LogP contribution in [0, 0.1) is 21.7 Å². The van der Waals surface area contributed by atoms with Crippen LogP contribution in [0.4, 0.5) is 25.8 Å². The van der Waals surface area contributed by atoms with Gasteiger partial charge in [0.05, 0.1) is 4.92 Å². The molecule has 0 unspecified atom stereocenters. The van der Waals surface area contributed by atoms with Gasteiger partial charge in [-0.25, -0.2) is 13.6 Å². The van der Waals surface area contributed by atoms with Crippen molar-refractivity contribution in [2.45, 2.75) is 0 Å². The molecule has 0 spiro atoms. The van der Waals surface area contributed by atoms with E-state index in [-0.39, 0.29) is 5.69 Å². The summed E-state index contributed by atoms with van der Waals surface area (Å²) in [6.45, 7) is 0. The lowest BCUT2D eigenvalue weighted by molar-refractivity contribution is -0.384. The Morgan fingerprint density at radius 3 is 2.33 bits per heavy atom. The van der Waals surface area contributed by atoms with Crippen LogP contribution in [0.3, 0.4) is 0 Å². The Kier molecular flexibility index (Phi) is 3.79. The Labute approximate surface area is 116 Å². The molecule has 8 heteroatoms. The predicted octanol–water partition coefficient (Wildman–Crippen LogP) is 3.31. The lowest BCUT2D eigenvalue weighted by Crippen LogP contribution is -2.05. The second kappa shape index (κ2) is 5.53. The Morgan fingerprint density at radius 1 is 1.19 bits per heavy atom. The van der Waals surface area contributed by atoms with Crippen molar-refractivity contribution in [1.29, 1.82) is 0 Å². The highest BCUT2D eigenvalue weighted by atomic mass is 19.1. The summed E-state index contributed by atoms with van der Waals surface area (Å²) in [6.07, 6.45) is 0. The smallest absolute Gasteiger partial charge is 0.338 e. The van der Waals surface area contributed by atoms with Gasteiger partial charge in [0.25, 0.3) is 5.69 Å². The van der Waals surface area contributed by atoms with Gasteiger partial charge in [0.1, 0.15) is 22.9 Å². The highest BCUT2D eigenvalue weighted by Gasteiger charge is 2.22. The molecule has 0 aliphatic rings. The molecular formula is C13H8F2N2O4. The van der Waals surface area contributed by atoms with Gasteiger partial charge in [-0.1, -0.05) is 0 Å². The van der Waals surface area contributed by atoms with E-state index in [2.05, 4.69) is 5.32 Å². The third-order valence-corrected chi connectivity index (χ3v) is 2.64. The van der Waals surface area contributed by atoms with E-state index in [1.165, 1.54) is 12.1 Å². The van der Waals surface area contributed by atoms with E-state index in [0.29, 0.717) is 17.8 Å². The minimum Gasteiger partial charge on any atom is -0.478 e. The number of nitro benzene ring substituents is 1. The summed E-state index contributed by atoms with van der Waals surface area (Å²) in [4.78, 5) is 20.9. The lowest BCUT2D eigenvalue weighted by atomic mass is 10.1. The number of benzene rings is 2. The maximum atomic E-state index is 13.6. The highest BCUT2D eigenvalue weighted by Crippen LogP contribution is 2.30. The molecule has 2 N–H and O–H groups in total. The van der Waals surface area contributed by atoms with Crippen LogP contribution in [0.25, 0.3) is 0 Å². The fourth-order valence-electron chi connectivity index (χ4n) is 1.67. The van der Waals surface area contributed by atoms with Crippen LogP contribution in [0.5, 0.6) is 0 Å². The highest BCUT2D eigenvalue weighted by molar-refractivity contribution is 5.90. The summed E-state index contributed by atoms with van der Waals surface area (Å²) in [5.41, 5.74) is -1.33. The van der Waals surface area contributed by atoms with Crippen molar-refractivity contribution < 1.29 is 23.6 Å². The first-order valence-corrected chi connectivity index (χ1v) is 5.62. The van der Waals surface area contributed by atoms with E-state index in [1.54, 1.807) is 0 Å². The minimum absolute atomic E-state index is 0.228. The zero-order chi connectivity index (χ0) is 15.6. The maximum absolute atomic E-state index is 13.6. The topological polar surface area (TPSA) is 92.5 Å². The molecule has 0 atom stereocenters. The van der Waals surface area contributed by atoms with Gasteiger partial charge in [-0.05, 0) is 24.3 Å². The van der Waals surface area contributed by atoms with Gasteiger partial charge in [-0.15, -0.1) is 0 Å².